The molecule has 0 radical (unpaired) electrons. The van der Waals surface area contributed by atoms with E-state index < -0.39 is 22.3 Å². The monoisotopic (exact) mass is 712 g/mol. The van der Waals surface area contributed by atoms with Gasteiger partial charge in [-0.15, -0.1) is 13.2 Å². The van der Waals surface area contributed by atoms with Crippen LogP contribution in [0.5, 0.6) is 11.5 Å². The van der Waals surface area contributed by atoms with E-state index >= 15 is 0 Å². The summed E-state index contributed by atoms with van der Waals surface area (Å²) >= 11 is 0. The Balaban J connectivity index is 0.955. The van der Waals surface area contributed by atoms with Crippen LogP contribution in [0.2, 0.25) is 0 Å². The van der Waals surface area contributed by atoms with E-state index in [-0.39, 0.29) is 16.9 Å². The summed E-state index contributed by atoms with van der Waals surface area (Å²) < 4.78 is 78.1. The zero-order valence-electron chi connectivity index (χ0n) is 28.1. The normalized spacial score (nSPS) is 25.0. The Morgan fingerprint density at radius 2 is 1.54 bits per heavy atom. The molecule has 5 fully saturated rings. The highest BCUT2D eigenvalue weighted by Crippen LogP contribution is 2.60. The number of pyridine rings is 1. The third-order valence-corrected chi connectivity index (χ3v) is 12.2. The van der Waals surface area contributed by atoms with E-state index in [0.29, 0.717) is 85.1 Å². The van der Waals surface area contributed by atoms with Crippen LogP contribution in [-0.2, 0) is 16.6 Å². The van der Waals surface area contributed by atoms with E-state index in [0.717, 1.165) is 24.9 Å². The number of halogens is 3. The largest absolute Gasteiger partial charge is 0.573 e. The highest BCUT2D eigenvalue weighted by Gasteiger charge is 2.52. The van der Waals surface area contributed by atoms with Gasteiger partial charge < -0.3 is 14.4 Å². The topological polar surface area (TPSA) is 101 Å². The van der Waals surface area contributed by atoms with Gasteiger partial charge in [0.25, 0.3) is 5.91 Å². The van der Waals surface area contributed by atoms with E-state index in [1.807, 2.05) is 25.1 Å². The second-order valence-electron chi connectivity index (χ2n) is 14.7. The molecule has 4 saturated carbocycles. The maximum Gasteiger partial charge on any atom is 0.573 e. The number of sulfonamides is 1. The number of hydrogen-bond donors (Lipinski definition) is 1. The van der Waals surface area contributed by atoms with Gasteiger partial charge in [-0.1, -0.05) is 0 Å². The van der Waals surface area contributed by atoms with Crippen LogP contribution in [0.4, 0.5) is 18.9 Å². The van der Waals surface area contributed by atoms with Crippen LogP contribution in [0.3, 0.4) is 0 Å². The SMILES string of the molecule is CCOc1cncc(-c2cc(CN3CCN(c4ccc(C(=O)NS(=O)(=O)CC56CC7CC(CC(C7)C5)C6)cc4)CC3)cc(OC(F)(F)F)c2)c1. The number of rotatable bonds is 11. The number of benzene rings is 2. The predicted octanol–water partition coefficient (Wildman–Crippen LogP) is 6.64. The molecule has 1 saturated heterocycles. The average molecular weight is 713 g/mol. The quantitative estimate of drug-likeness (QED) is 0.236. The molecule has 8 rings (SSSR count). The fourth-order valence-electron chi connectivity index (χ4n) is 9.29. The lowest BCUT2D eigenvalue weighted by Gasteiger charge is -2.56. The lowest BCUT2D eigenvalue weighted by Crippen LogP contribution is -2.51. The predicted molar refractivity (Wildman–Crippen MR) is 183 cm³/mol. The summed E-state index contributed by atoms with van der Waals surface area (Å²) in [7, 11) is -3.78. The maximum absolute atomic E-state index is 13.2. The second kappa shape index (κ2) is 13.7. The zero-order chi connectivity index (χ0) is 35.1. The number of carbonyl (C=O) groups excluding carboxylic acids is 1. The van der Waals surface area contributed by atoms with Gasteiger partial charge in [-0.25, -0.2) is 13.1 Å². The van der Waals surface area contributed by atoms with Crippen molar-refractivity contribution in [3.63, 3.8) is 0 Å². The number of carbonyl (C=O) groups is 1. The summed E-state index contributed by atoms with van der Waals surface area (Å²) in [6, 6.07) is 13.3. The highest BCUT2D eigenvalue weighted by molar-refractivity contribution is 7.90. The van der Waals surface area contributed by atoms with E-state index in [9.17, 15) is 26.4 Å². The van der Waals surface area contributed by atoms with Crippen LogP contribution in [0.1, 0.15) is 61.4 Å². The summed E-state index contributed by atoms with van der Waals surface area (Å²) in [5, 5.41) is 0. The minimum atomic E-state index is -4.83. The molecule has 4 bridgehead atoms. The van der Waals surface area contributed by atoms with Gasteiger partial charge in [0.05, 0.1) is 18.6 Å². The first-order valence-corrected chi connectivity index (χ1v) is 19.1. The smallest absolute Gasteiger partial charge is 0.492 e. The number of anilines is 1. The molecule has 9 nitrogen and oxygen atoms in total. The third-order valence-electron chi connectivity index (χ3n) is 10.7. The first-order chi connectivity index (χ1) is 23.8. The Bertz CT molecular complexity index is 1770. The molecule has 0 atom stereocenters. The van der Waals surface area contributed by atoms with Crippen molar-refractivity contribution in [2.24, 2.45) is 23.2 Å². The molecule has 3 aromatic rings. The van der Waals surface area contributed by atoms with E-state index in [2.05, 4.69) is 24.2 Å². The number of alkyl halides is 3. The molecular weight excluding hydrogens is 669 g/mol. The standard InChI is InChI=1S/C37H43F3N4O5S/c1-2-48-34-17-31(21-41-22-34)30-14-28(15-33(16-30)49-37(38,39)40)23-43-7-9-44(10-8-43)32-5-3-29(4-6-32)35(45)42-50(46,47)24-36-18-25-11-26(19-36)13-27(12-25)20-36/h3-6,14-17,21-22,25-27H,2,7-13,18-20,23-24H2,1H3,(H,42,45). The van der Waals surface area contributed by atoms with Crippen LogP contribution in [0.15, 0.2) is 60.9 Å². The van der Waals surface area contributed by atoms with Crippen molar-refractivity contribution in [2.45, 2.75) is 58.4 Å². The Labute approximate surface area is 291 Å². The van der Waals surface area contributed by atoms with Crippen molar-refractivity contribution in [2.75, 3.05) is 43.4 Å². The molecule has 1 amide bonds. The number of aromatic nitrogens is 1. The molecule has 5 aliphatic rings. The van der Waals surface area contributed by atoms with E-state index in [4.69, 9.17) is 4.74 Å². The lowest BCUT2D eigenvalue weighted by atomic mass is 9.50. The van der Waals surface area contributed by atoms with Gasteiger partial charge in [0.15, 0.2) is 0 Å². The van der Waals surface area contributed by atoms with Crippen molar-refractivity contribution in [3.05, 3.63) is 72.1 Å². The molecule has 0 spiro atoms. The van der Waals surface area contributed by atoms with Gasteiger partial charge in [0.2, 0.25) is 10.0 Å². The first kappa shape index (κ1) is 34.6. The summed E-state index contributed by atoms with van der Waals surface area (Å²) in [5.74, 6) is 1.53. The number of ether oxygens (including phenoxy) is 2. The minimum Gasteiger partial charge on any atom is -0.492 e. The zero-order valence-corrected chi connectivity index (χ0v) is 28.9. The molecule has 2 aromatic carbocycles. The molecule has 50 heavy (non-hydrogen) atoms. The molecule has 1 aliphatic heterocycles. The van der Waals surface area contributed by atoms with Crippen molar-refractivity contribution >= 4 is 21.6 Å². The fourth-order valence-corrected chi connectivity index (χ4v) is 10.9. The molecule has 1 aromatic heterocycles. The minimum absolute atomic E-state index is 0.0247. The van der Waals surface area contributed by atoms with Crippen LogP contribution in [0.25, 0.3) is 11.1 Å². The number of hydrogen-bond acceptors (Lipinski definition) is 8. The van der Waals surface area contributed by atoms with Gasteiger partial charge >= 0.3 is 6.36 Å². The van der Waals surface area contributed by atoms with Gasteiger partial charge in [0, 0.05) is 55.7 Å². The Kier molecular flexibility index (Phi) is 9.48. The van der Waals surface area contributed by atoms with Gasteiger partial charge in [0.1, 0.15) is 11.5 Å². The maximum atomic E-state index is 13.2. The Hall–Kier alpha value is -3.84. The summed E-state index contributed by atoms with van der Waals surface area (Å²) in [6.45, 7) is 5.34. The first-order valence-electron chi connectivity index (χ1n) is 17.4. The van der Waals surface area contributed by atoms with Gasteiger partial charge in [-0.05, 0) is 128 Å². The highest BCUT2D eigenvalue weighted by atomic mass is 32.2. The molecule has 13 heteroatoms. The van der Waals surface area contributed by atoms with Crippen molar-refractivity contribution < 1.29 is 35.9 Å². The average Bonchev–Trinajstić information content (AvgIpc) is 3.03. The molecule has 0 unspecified atom stereocenters. The van der Waals surface area contributed by atoms with Gasteiger partial charge in [-0.3, -0.25) is 14.7 Å². The van der Waals surface area contributed by atoms with E-state index in [1.165, 1.54) is 31.4 Å². The molecule has 2 heterocycles. The van der Waals surface area contributed by atoms with Crippen LogP contribution < -0.4 is 19.1 Å². The fraction of sp³-hybridized carbons (Fsp3) is 0.514. The van der Waals surface area contributed by atoms with Crippen LogP contribution in [-0.4, -0.2) is 69.1 Å². The third kappa shape index (κ3) is 8.20. The summed E-state index contributed by atoms with van der Waals surface area (Å²) in [5.41, 5.74) is 2.83. The summed E-state index contributed by atoms with van der Waals surface area (Å²) in [6.07, 6.45) is 4.86. The van der Waals surface area contributed by atoms with Crippen molar-refractivity contribution in [3.8, 4) is 22.6 Å². The van der Waals surface area contributed by atoms with Crippen LogP contribution in [0, 0.1) is 23.2 Å². The van der Waals surface area contributed by atoms with Crippen molar-refractivity contribution in [1.82, 2.24) is 14.6 Å². The Morgan fingerprint density at radius 1 is 0.900 bits per heavy atom. The molecule has 268 valence electrons. The van der Waals surface area contributed by atoms with Gasteiger partial charge in [-0.2, -0.15) is 0 Å². The molecular formula is C37H43F3N4O5S. The second-order valence-corrected chi connectivity index (χ2v) is 16.4. The number of amides is 1. The van der Waals surface area contributed by atoms with E-state index in [1.54, 1.807) is 30.6 Å². The number of nitrogens with one attached hydrogen (secondary N) is 1. The number of nitrogens with zero attached hydrogens (tertiary/aromatic N) is 3. The summed E-state index contributed by atoms with van der Waals surface area (Å²) in [4.78, 5) is 21.5. The van der Waals surface area contributed by atoms with Crippen LogP contribution >= 0.6 is 0 Å². The van der Waals surface area contributed by atoms with Crippen molar-refractivity contribution in [1.29, 1.82) is 0 Å². The lowest BCUT2D eigenvalue weighted by molar-refractivity contribution is -0.274. The molecule has 1 N–H and O–H groups in total. The molecule has 4 aliphatic carbocycles. The Morgan fingerprint density at radius 3 is 2.16 bits per heavy atom. The number of piperazine rings is 1.